The van der Waals surface area contributed by atoms with E-state index >= 15 is 0 Å². The van der Waals surface area contributed by atoms with Crippen LogP contribution in [0, 0.1) is 11.8 Å². The number of alkyl halides is 3. The van der Waals surface area contributed by atoms with Crippen molar-refractivity contribution in [3.8, 4) is 11.8 Å². The van der Waals surface area contributed by atoms with Crippen LogP contribution in [0.4, 0.5) is 13.2 Å². The summed E-state index contributed by atoms with van der Waals surface area (Å²) in [6.07, 6.45) is -4.36. The second-order valence-electron chi connectivity index (χ2n) is 3.89. The molecule has 1 aliphatic rings. The predicted molar refractivity (Wildman–Crippen MR) is 50.8 cm³/mol. The molecular weight excluding hydrogens is 239 g/mol. The lowest BCUT2D eigenvalue weighted by molar-refractivity contribution is -0.187. The Bertz CT molecular complexity index is 407. The maximum absolute atomic E-state index is 12.3. The smallest absolute Gasteiger partial charge is 0.471 e. The molecule has 4 nitrogen and oxygen atoms in total. The van der Waals surface area contributed by atoms with Gasteiger partial charge < -0.3 is 10.0 Å². The quantitative estimate of drug-likeness (QED) is 0.652. The first kappa shape index (κ1) is 13.4. The number of carbonyl (C=O) groups is 2. The number of hydrogen-bond acceptors (Lipinski definition) is 2. The highest BCUT2D eigenvalue weighted by molar-refractivity contribution is 5.87. The molecule has 0 aromatic carbocycles. The van der Waals surface area contributed by atoms with E-state index in [2.05, 4.69) is 5.92 Å². The number of carbonyl (C=O) groups excluding carboxylic acids is 1. The minimum atomic E-state index is -4.96. The van der Waals surface area contributed by atoms with Crippen LogP contribution in [0.2, 0.25) is 0 Å². The molecule has 0 unspecified atom stereocenters. The van der Waals surface area contributed by atoms with Gasteiger partial charge in [0.25, 0.3) is 0 Å². The Morgan fingerprint density at radius 2 is 2.00 bits per heavy atom. The summed E-state index contributed by atoms with van der Waals surface area (Å²) in [5.41, 5.74) is -1.36. The molecule has 0 bridgehead atoms. The summed E-state index contributed by atoms with van der Waals surface area (Å²) < 4.78 is 36.9. The zero-order chi connectivity index (χ0) is 13.3. The van der Waals surface area contributed by atoms with E-state index in [-0.39, 0.29) is 13.0 Å². The Hall–Kier alpha value is -1.71. The first-order valence-corrected chi connectivity index (χ1v) is 4.82. The zero-order valence-corrected chi connectivity index (χ0v) is 8.97. The lowest BCUT2D eigenvalue weighted by Gasteiger charge is -2.30. The maximum atomic E-state index is 12.3. The molecule has 0 spiro atoms. The molecule has 0 aromatic heterocycles. The summed E-state index contributed by atoms with van der Waals surface area (Å²) >= 11 is 0. The molecule has 1 amide bonds. The van der Waals surface area contributed by atoms with Gasteiger partial charge in [0.05, 0.1) is 0 Å². The number of aliphatic carboxylic acids is 1. The minimum Gasteiger partial charge on any atom is -0.472 e. The fourth-order valence-corrected chi connectivity index (χ4v) is 1.76. The van der Waals surface area contributed by atoms with Crippen molar-refractivity contribution in [3.05, 3.63) is 0 Å². The van der Waals surface area contributed by atoms with E-state index in [0.717, 1.165) is 0 Å². The highest BCUT2D eigenvalue weighted by Gasteiger charge is 2.49. The van der Waals surface area contributed by atoms with Crippen molar-refractivity contribution in [3.63, 3.8) is 0 Å². The van der Waals surface area contributed by atoms with Gasteiger partial charge in [0, 0.05) is 12.5 Å². The average Bonchev–Trinajstić information content (AvgIpc) is 2.55. The van der Waals surface area contributed by atoms with Crippen LogP contribution in [-0.4, -0.2) is 40.1 Å². The molecule has 0 aromatic rings. The van der Waals surface area contributed by atoms with Gasteiger partial charge in [0.15, 0.2) is 0 Å². The predicted octanol–water partition coefficient (Wildman–Crippen LogP) is 1.02. The number of carboxylic acids is 1. The summed E-state index contributed by atoms with van der Waals surface area (Å²) in [5.74, 6) is 0.578. The van der Waals surface area contributed by atoms with Crippen molar-refractivity contribution in [2.24, 2.45) is 0 Å². The monoisotopic (exact) mass is 249 g/mol. The fourth-order valence-electron chi connectivity index (χ4n) is 1.76. The lowest BCUT2D eigenvalue weighted by Crippen LogP contribution is -2.49. The van der Waals surface area contributed by atoms with Crippen molar-refractivity contribution >= 4 is 11.9 Å². The second-order valence-corrected chi connectivity index (χ2v) is 3.89. The Morgan fingerprint density at radius 1 is 1.41 bits per heavy atom. The molecule has 7 heteroatoms. The Kier molecular flexibility index (Phi) is 3.36. The molecule has 0 saturated carbocycles. The maximum Gasteiger partial charge on any atom is 0.471 e. The first-order chi connectivity index (χ1) is 7.67. The van der Waals surface area contributed by atoms with Gasteiger partial charge in [-0.15, -0.1) is 0 Å². The number of rotatable bonds is 0. The minimum absolute atomic E-state index is 0.0663. The number of carboxylic acid groups (broad SMARTS) is 1. The van der Waals surface area contributed by atoms with Crippen LogP contribution >= 0.6 is 0 Å². The second kappa shape index (κ2) is 4.28. The van der Waals surface area contributed by atoms with Crippen LogP contribution < -0.4 is 0 Å². The average molecular weight is 249 g/mol. The van der Waals surface area contributed by atoms with Gasteiger partial charge >= 0.3 is 18.1 Å². The van der Waals surface area contributed by atoms with Gasteiger partial charge in [-0.25, -0.2) is 4.79 Å². The van der Waals surface area contributed by atoms with Crippen LogP contribution in [0.5, 0.6) is 0 Å². The third-order valence-electron chi connectivity index (χ3n) is 2.57. The van der Waals surface area contributed by atoms with Crippen LogP contribution in [0.3, 0.4) is 0 Å². The third kappa shape index (κ3) is 2.90. The van der Waals surface area contributed by atoms with Crippen LogP contribution in [0.25, 0.3) is 0 Å². The molecule has 1 fully saturated rings. The van der Waals surface area contributed by atoms with E-state index in [4.69, 9.17) is 5.11 Å². The number of likely N-dealkylation sites (tertiary alicyclic amines) is 1. The number of nitrogens with zero attached hydrogens (tertiary/aromatic N) is 1. The molecule has 17 heavy (non-hydrogen) atoms. The van der Waals surface area contributed by atoms with Crippen LogP contribution in [-0.2, 0) is 9.59 Å². The number of amides is 1. The molecule has 1 aliphatic heterocycles. The highest BCUT2D eigenvalue weighted by Crippen LogP contribution is 2.32. The van der Waals surface area contributed by atoms with Gasteiger partial charge in [-0.3, -0.25) is 4.79 Å². The zero-order valence-electron chi connectivity index (χ0n) is 8.97. The number of hydrogen-bond donors (Lipinski definition) is 1. The molecule has 1 saturated heterocycles. The van der Waals surface area contributed by atoms with Crippen LogP contribution in [0.1, 0.15) is 19.8 Å². The Labute approximate surface area is 95.4 Å². The molecule has 1 atom stereocenters. The fraction of sp³-hybridized carbons (Fsp3) is 0.600. The summed E-state index contributed by atoms with van der Waals surface area (Å²) in [5, 5.41) is 8.37. The van der Waals surface area contributed by atoms with Crippen molar-refractivity contribution < 1.29 is 27.9 Å². The van der Waals surface area contributed by atoms with E-state index in [0.29, 0.717) is 11.3 Å². The van der Waals surface area contributed by atoms with Gasteiger partial charge in [-0.05, 0) is 19.8 Å². The summed E-state index contributed by atoms with van der Waals surface area (Å²) in [7, 11) is 0. The highest BCUT2D eigenvalue weighted by atomic mass is 19.4. The van der Waals surface area contributed by atoms with Crippen molar-refractivity contribution in [2.45, 2.75) is 31.5 Å². The van der Waals surface area contributed by atoms with Crippen molar-refractivity contribution in [2.75, 3.05) is 6.54 Å². The molecule has 0 aliphatic carbocycles. The molecular formula is C10H10F3NO3. The third-order valence-corrected chi connectivity index (χ3v) is 2.57. The van der Waals surface area contributed by atoms with Gasteiger partial charge in [0.1, 0.15) is 5.54 Å². The molecule has 1 N–H and O–H groups in total. The van der Waals surface area contributed by atoms with Crippen molar-refractivity contribution in [1.82, 2.24) is 4.90 Å². The molecule has 94 valence electrons. The van der Waals surface area contributed by atoms with E-state index in [1.54, 1.807) is 5.92 Å². The van der Waals surface area contributed by atoms with E-state index in [1.165, 1.54) is 6.92 Å². The van der Waals surface area contributed by atoms with E-state index < -0.39 is 23.6 Å². The van der Waals surface area contributed by atoms with Crippen molar-refractivity contribution in [1.29, 1.82) is 0 Å². The molecule has 1 heterocycles. The van der Waals surface area contributed by atoms with E-state index in [9.17, 15) is 22.8 Å². The molecule has 0 radical (unpaired) electrons. The Morgan fingerprint density at radius 3 is 2.47 bits per heavy atom. The van der Waals surface area contributed by atoms with E-state index in [1.807, 2.05) is 0 Å². The van der Waals surface area contributed by atoms with Gasteiger partial charge in [-0.1, -0.05) is 5.92 Å². The lowest BCUT2D eigenvalue weighted by atomic mass is 9.99. The van der Waals surface area contributed by atoms with Crippen LogP contribution in [0.15, 0.2) is 0 Å². The SMILES string of the molecule is C[C@]1(C#CC(=O)O)CCCN1C(=O)C(F)(F)F. The van der Waals surface area contributed by atoms with Gasteiger partial charge in [-0.2, -0.15) is 13.2 Å². The molecule has 1 rings (SSSR count). The topological polar surface area (TPSA) is 57.6 Å². The van der Waals surface area contributed by atoms with Gasteiger partial charge in [0.2, 0.25) is 0 Å². The Balaban J connectivity index is 2.98. The summed E-state index contributed by atoms with van der Waals surface area (Å²) in [6, 6.07) is 0. The normalized spacial score (nSPS) is 24.1. The summed E-state index contributed by atoms with van der Waals surface area (Å²) in [4.78, 5) is 22.0. The standard InChI is InChI=1S/C10H10F3NO3/c1-9(5-3-7(15)16)4-2-6-14(9)8(17)10(11,12)13/h2,4,6H2,1H3,(H,15,16)/t9-/m1/s1. The first-order valence-electron chi connectivity index (χ1n) is 4.82. The summed E-state index contributed by atoms with van der Waals surface area (Å²) in [6.45, 7) is 1.27. The largest absolute Gasteiger partial charge is 0.472 e. The number of halogens is 3.